The molecule has 0 bridgehead atoms. The van der Waals surface area contributed by atoms with Crippen LogP contribution in [0.2, 0.25) is 0 Å². The average molecular weight is 295 g/mol. The van der Waals surface area contributed by atoms with Gasteiger partial charge in [-0.2, -0.15) is 0 Å². The Balaban J connectivity index is 2.25. The van der Waals surface area contributed by atoms with Crippen LogP contribution in [0.3, 0.4) is 0 Å². The van der Waals surface area contributed by atoms with Gasteiger partial charge in [0.15, 0.2) is 0 Å². The Morgan fingerprint density at radius 3 is 2.62 bits per heavy atom. The Hall–Kier alpha value is -2.02. The molecule has 0 radical (unpaired) electrons. The highest BCUT2D eigenvalue weighted by Gasteiger charge is 2.35. The summed E-state index contributed by atoms with van der Waals surface area (Å²) in [5, 5.41) is 10.8. The maximum Gasteiger partial charge on any atom is 0.270 e. The van der Waals surface area contributed by atoms with E-state index in [0.717, 1.165) is 18.2 Å². The van der Waals surface area contributed by atoms with E-state index in [1.54, 1.807) is 4.90 Å². The van der Waals surface area contributed by atoms with Gasteiger partial charge in [-0.05, 0) is 26.1 Å². The number of rotatable bonds is 3. The molecule has 21 heavy (non-hydrogen) atoms. The van der Waals surface area contributed by atoms with E-state index in [1.807, 2.05) is 25.9 Å². The molecule has 2 unspecified atom stereocenters. The van der Waals surface area contributed by atoms with Crippen molar-refractivity contribution < 1.29 is 14.1 Å². The molecule has 1 aromatic rings. The number of nitro groups is 1. The minimum atomic E-state index is -0.730. The lowest BCUT2D eigenvalue weighted by Crippen LogP contribution is -2.36. The zero-order chi connectivity index (χ0) is 15.7. The molecule has 0 aromatic heterocycles. The van der Waals surface area contributed by atoms with Crippen LogP contribution in [0.1, 0.15) is 17.3 Å². The smallest absolute Gasteiger partial charge is 0.270 e. The van der Waals surface area contributed by atoms with Crippen LogP contribution in [0, 0.1) is 21.8 Å². The number of carbonyl (C=O) groups excluding carboxylic acids is 1. The first-order chi connectivity index (χ1) is 9.81. The number of hydrogen-bond donors (Lipinski definition) is 0. The second-order valence-corrected chi connectivity index (χ2v) is 5.64. The predicted molar refractivity (Wildman–Crippen MR) is 75.6 cm³/mol. The van der Waals surface area contributed by atoms with Gasteiger partial charge in [0.05, 0.1) is 10.5 Å². The van der Waals surface area contributed by atoms with E-state index in [2.05, 4.69) is 0 Å². The molecule has 114 valence electrons. The van der Waals surface area contributed by atoms with Crippen LogP contribution in [-0.4, -0.2) is 53.9 Å². The van der Waals surface area contributed by atoms with Crippen molar-refractivity contribution in [1.82, 2.24) is 9.80 Å². The first-order valence-electron chi connectivity index (χ1n) is 6.71. The van der Waals surface area contributed by atoms with Gasteiger partial charge in [-0.1, -0.05) is 6.92 Å². The van der Waals surface area contributed by atoms with Gasteiger partial charge in [-0.3, -0.25) is 14.9 Å². The number of benzene rings is 1. The van der Waals surface area contributed by atoms with Crippen molar-refractivity contribution in [3.8, 4) is 0 Å². The van der Waals surface area contributed by atoms with Crippen LogP contribution in [0.15, 0.2) is 18.2 Å². The molecule has 1 saturated heterocycles. The summed E-state index contributed by atoms with van der Waals surface area (Å²) >= 11 is 0. The summed E-state index contributed by atoms with van der Waals surface area (Å²) in [6.45, 7) is 3.04. The summed E-state index contributed by atoms with van der Waals surface area (Å²) in [6, 6.07) is 3.23. The van der Waals surface area contributed by atoms with Crippen LogP contribution in [0.25, 0.3) is 0 Å². The van der Waals surface area contributed by atoms with Crippen LogP contribution in [-0.2, 0) is 0 Å². The highest BCUT2D eigenvalue weighted by atomic mass is 19.1. The lowest BCUT2D eigenvalue weighted by atomic mass is 10.1. The van der Waals surface area contributed by atoms with Gasteiger partial charge in [0, 0.05) is 31.3 Å². The number of nitro benzene ring substituents is 1. The fraction of sp³-hybridized carbons (Fsp3) is 0.500. The molecule has 2 rings (SSSR count). The topological polar surface area (TPSA) is 66.7 Å². The maximum atomic E-state index is 13.8. The van der Waals surface area contributed by atoms with E-state index < -0.39 is 16.6 Å². The molecule has 0 spiro atoms. The standard InChI is InChI=1S/C14H18FN3O3/c1-9-7-17(8-13(9)16(2)3)14(19)11-6-10(18(20)21)4-5-12(11)15/h4-6,9,13H,7-8H2,1-3H3. The molecule has 2 atom stereocenters. The Bertz CT molecular complexity index is 577. The predicted octanol–water partition coefficient (Wildman–Crippen LogP) is 1.76. The molecule has 1 aromatic carbocycles. The number of likely N-dealkylation sites (tertiary alicyclic amines) is 1. The van der Waals surface area contributed by atoms with E-state index in [4.69, 9.17) is 0 Å². The molecule has 7 heteroatoms. The first-order valence-corrected chi connectivity index (χ1v) is 6.71. The third-order valence-electron chi connectivity index (χ3n) is 3.91. The van der Waals surface area contributed by atoms with Gasteiger partial charge in [0.1, 0.15) is 5.82 Å². The highest BCUT2D eigenvalue weighted by molar-refractivity contribution is 5.95. The molecule has 1 aliphatic rings. The van der Waals surface area contributed by atoms with Gasteiger partial charge in [0.25, 0.3) is 11.6 Å². The fourth-order valence-electron chi connectivity index (χ4n) is 2.75. The summed E-state index contributed by atoms with van der Waals surface area (Å²) in [5.41, 5.74) is -0.521. The third-order valence-corrected chi connectivity index (χ3v) is 3.91. The van der Waals surface area contributed by atoms with E-state index in [1.165, 1.54) is 0 Å². The van der Waals surface area contributed by atoms with Gasteiger partial charge >= 0.3 is 0 Å². The summed E-state index contributed by atoms with van der Waals surface area (Å²) in [5.74, 6) is -0.954. The lowest BCUT2D eigenvalue weighted by molar-refractivity contribution is -0.384. The second kappa shape index (κ2) is 5.77. The molecule has 0 aliphatic carbocycles. The minimum Gasteiger partial charge on any atom is -0.337 e. The Kier molecular flexibility index (Phi) is 4.22. The largest absolute Gasteiger partial charge is 0.337 e. The molecule has 6 nitrogen and oxygen atoms in total. The van der Waals surface area contributed by atoms with E-state index >= 15 is 0 Å². The number of amides is 1. The van der Waals surface area contributed by atoms with Crippen LogP contribution in [0.5, 0.6) is 0 Å². The monoisotopic (exact) mass is 295 g/mol. The zero-order valence-electron chi connectivity index (χ0n) is 12.2. The van der Waals surface area contributed by atoms with Crippen molar-refractivity contribution in [2.45, 2.75) is 13.0 Å². The number of likely N-dealkylation sites (N-methyl/N-ethyl adjacent to an activating group) is 1. The Labute approximate surface area is 122 Å². The minimum absolute atomic E-state index is 0.204. The second-order valence-electron chi connectivity index (χ2n) is 5.64. The average Bonchev–Trinajstić information content (AvgIpc) is 2.80. The van der Waals surface area contributed by atoms with Crippen molar-refractivity contribution in [3.05, 3.63) is 39.7 Å². The van der Waals surface area contributed by atoms with Crippen molar-refractivity contribution in [2.24, 2.45) is 5.92 Å². The molecule has 1 aliphatic heterocycles. The summed E-state index contributed by atoms with van der Waals surface area (Å²) in [7, 11) is 3.87. The summed E-state index contributed by atoms with van der Waals surface area (Å²) < 4.78 is 13.8. The molecule has 1 fully saturated rings. The number of non-ortho nitro benzene ring substituents is 1. The molecule has 1 heterocycles. The van der Waals surface area contributed by atoms with E-state index in [9.17, 15) is 19.3 Å². The summed E-state index contributed by atoms with van der Waals surface area (Å²) in [6.07, 6.45) is 0. The van der Waals surface area contributed by atoms with Crippen LogP contribution in [0.4, 0.5) is 10.1 Å². The van der Waals surface area contributed by atoms with E-state index in [0.29, 0.717) is 13.1 Å². The normalized spacial score (nSPS) is 21.9. The van der Waals surface area contributed by atoms with Gasteiger partial charge < -0.3 is 9.80 Å². The molecule has 0 N–H and O–H groups in total. The molecule has 0 saturated carbocycles. The first kappa shape index (κ1) is 15.4. The van der Waals surface area contributed by atoms with Crippen LogP contribution >= 0.6 is 0 Å². The van der Waals surface area contributed by atoms with Crippen LogP contribution < -0.4 is 0 Å². The van der Waals surface area contributed by atoms with Crippen molar-refractivity contribution in [3.63, 3.8) is 0 Å². The number of hydrogen-bond acceptors (Lipinski definition) is 4. The van der Waals surface area contributed by atoms with Gasteiger partial charge in [-0.25, -0.2) is 4.39 Å². The Morgan fingerprint density at radius 1 is 1.43 bits per heavy atom. The SMILES string of the molecule is CC1CN(C(=O)c2cc([N+](=O)[O-])ccc2F)CC1N(C)C. The van der Waals surface area contributed by atoms with Gasteiger partial charge in [-0.15, -0.1) is 0 Å². The Morgan fingerprint density at radius 2 is 2.10 bits per heavy atom. The summed E-state index contributed by atoms with van der Waals surface area (Å²) in [4.78, 5) is 26.1. The molecular weight excluding hydrogens is 277 g/mol. The third kappa shape index (κ3) is 3.02. The van der Waals surface area contributed by atoms with Crippen molar-refractivity contribution >= 4 is 11.6 Å². The molecular formula is C14H18FN3O3. The maximum absolute atomic E-state index is 13.8. The number of nitrogens with zero attached hydrogens (tertiary/aromatic N) is 3. The molecule has 1 amide bonds. The number of carbonyl (C=O) groups is 1. The highest BCUT2D eigenvalue weighted by Crippen LogP contribution is 2.24. The van der Waals surface area contributed by atoms with Crippen molar-refractivity contribution in [1.29, 1.82) is 0 Å². The lowest BCUT2D eigenvalue weighted by Gasteiger charge is -2.22. The quantitative estimate of drug-likeness (QED) is 0.629. The fourth-order valence-corrected chi connectivity index (χ4v) is 2.75. The van der Waals surface area contributed by atoms with E-state index in [-0.39, 0.29) is 23.2 Å². The van der Waals surface area contributed by atoms with Crippen molar-refractivity contribution in [2.75, 3.05) is 27.2 Å². The number of halogens is 1. The van der Waals surface area contributed by atoms with Gasteiger partial charge in [0.2, 0.25) is 0 Å². The zero-order valence-corrected chi connectivity index (χ0v) is 12.2.